The molecule has 4 heterocycles. The molecule has 1 fully saturated rings. The van der Waals surface area contributed by atoms with Gasteiger partial charge in [-0.25, -0.2) is 14.4 Å². The predicted octanol–water partition coefficient (Wildman–Crippen LogP) is 4.48. The molecule has 0 saturated carbocycles. The lowest BCUT2D eigenvalue weighted by atomic mass is 9.83. The van der Waals surface area contributed by atoms with Crippen LogP contribution in [0, 0.1) is 17.2 Å². The number of amides is 1. The molecular formula is C23H26FN5O2S. The van der Waals surface area contributed by atoms with E-state index < -0.39 is 5.82 Å². The second kappa shape index (κ2) is 8.54. The van der Waals surface area contributed by atoms with Gasteiger partial charge in [0.05, 0.1) is 22.5 Å². The summed E-state index contributed by atoms with van der Waals surface area (Å²) in [6.07, 6.45) is 3.21. The molecule has 0 aliphatic carbocycles. The van der Waals surface area contributed by atoms with E-state index in [1.807, 2.05) is 39.1 Å². The van der Waals surface area contributed by atoms with Crippen LogP contribution in [0.1, 0.15) is 56.2 Å². The Morgan fingerprint density at radius 1 is 1.28 bits per heavy atom. The van der Waals surface area contributed by atoms with Crippen molar-refractivity contribution in [3.05, 3.63) is 47.0 Å². The summed E-state index contributed by atoms with van der Waals surface area (Å²) in [6, 6.07) is 2.95. The van der Waals surface area contributed by atoms with Crippen LogP contribution in [0.4, 0.5) is 10.3 Å². The average Bonchev–Trinajstić information content (AvgIpc) is 3.17. The second-order valence-electron chi connectivity index (χ2n) is 9.29. The molecule has 0 spiro atoms. The first kappa shape index (κ1) is 22.3. The number of hydrogen-bond donors (Lipinski definition) is 1. The fraction of sp³-hybridized carbons (Fsp3) is 0.435. The topological polar surface area (TPSA) is 88.1 Å². The number of anilines is 1. The number of halogens is 1. The van der Waals surface area contributed by atoms with E-state index in [1.54, 1.807) is 11.1 Å². The van der Waals surface area contributed by atoms with E-state index in [0.29, 0.717) is 42.2 Å². The number of carbonyl (C=O) groups excluding carboxylic acids is 2. The van der Waals surface area contributed by atoms with Crippen LogP contribution in [-0.4, -0.2) is 44.6 Å². The minimum Gasteiger partial charge on any atom is -0.348 e. The first-order valence-corrected chi connectivity index (χ1v) is 11.4. The number of ketones is 1. The Bertz CT molecular complexity index is 1170. The first-order chi connectivity index (χ1) is 15.1. The van der Waals surface area contributed by atoms with Crippen molar-refractivity contribution >= 4 is 39.2 Å². The molecule has 1 amide bonds. The number of aromatic nitrogens is 3. The number of nitrogens with zero attached hydrogens (tertiary/aromatic N) is 4. The number of likely N-dealkylation sites (tertiary alicyclic amines) is 1. The van der Waals surface area contributed by atoms with Crippen molar-refractivity contribution in [3.8, 4) is 0 Å². The van der Waals surface area contributed by atoms with Gasteiger partial charge in [-0.15, -0.1) is 11.3 Å². The summed E-state index contributed by atoms with van der Waals surface area (Å²) in [5, 5.41) is 5.03. The number of carbonyl (C=O) groups is 2. The third-order valence-electron chi connectivity index (χ3n) is 5.63. The van der Waals surface area contributed by atoms with Gasteiger partial charge in [0.1, 0.15) is 11.6 Å². The molecule has 0 radical (unpaired) electrons. The lowest BCUT2D eigenvalue weighted by Crippen LogP contribution is -2.51. The summed E-state index contributed by atoms with van der Waals surface area (Å²) >= 11 is 1.42. The molecule has 0 unspecified atom stereocenters. The maximum absolute atomic E-state index is 13.5. The zero-order valence-corrected chi connectivity index (χ0v) is 19.4. The molecule has 7 nitrogen and oxygen atoms in total. The highest BCUT2D eigenvalue weighted by Gasteiger charge is 2.36. The number of fused-ring (bicyclic) bond motifs is 1. The highest BCUT2D eigenvalue weighted by atomic mass is 32.1. The molecule has 168 valence electrons. The molecule has 1 saturated heterocycles. The Hall–Kier alpha value is -2.94. The van der Waals surface area contributed by atoms with E-state index in [-0.39, 0.29) is 29.1 Å². The van der Waals surface area contributed by atoms with E-state index in [0.717, 1.165) is 10.9 Å². The SMILES string of the molecule is C[C@H](Nc1nc(C(=O)N2CC(CC(=O)C(C)(C)C)C2)c2sccc2n1)c1cncc(F)c1. The van der Waals surface area contributed by atoms with Crippen LogP contribution < -0.4 is 5.32 Å². The van der Waals surface area contributed by atoms with Crippen LogP contribution in [0.15, 0.2) is 29.9 Å². The normalized spacial score (nSPS) is 15.5. The number of hydrogen-bond acceptors (Lipinski definition) is 7. The highest BCUT2D eigenvalue weighted by molar-refractivity contribution is 7.17. The Labute approximate surface area is 190 Å². The minimum atomic E-state index is -0.418. The maximum atomic E-state index is 13.5. The quantitative estimate of drug-likeness (QED) is 0.590. The van der Waals surface area contributed by atoms with Gasteiger partial charge in [0.2, 0.25) is 5.95 Å². The van der Waals surface area contributed by atoms with E-state index in [9.17, 15) is 14.0 Å². The van der Waals surface area contributed by atoms with Gasteiger partial charge < -0.3 is 10.2 Å². The largest absolute Gasteiger partial charge is 0.348 e. The number of rotatable bonds is 6. The molecular weight excluding hydrogens is 429 g/mol. The van der Waals surface area contributed by atoms with Crippen molar-refractivity contribution in [2.75, 3.05) is 18.4 Å². The Kier molecular flexibility index (Phi) is 5.94. The van der Waals surface area contributed by atoms with Crippen LogP contribution in [-0.2, 0) is 4.79 Å². The van der Waals surface area contributed by atoms with Crippen LogP contribution in [0.5, 0.6) is 0 Å². The molecule has 4 rings (SSSR count). The number of Topliss-reactive ketones (excluding diaryl/α,β-unsaturated/α-hetero) is 1. The Morgan fingerprint density at radius 2 is 2.03 bits per heavy atom. The van der Waals surface area contributed by atoms with Crippen molar-refractivity contribution < 1.29 is 14.0 Å². The molecule has 1 aliphatic rings. The summed E-state index contributed by atoms with van der Waals surface area (Å²) in [7, 11) is 0. The monoisotopic (exact) mass is 455 g/mol. The summed E-state index contributed by atoms with van der Waals surface area (Å²) in [5.74, 6) is 0.117. The second-order valence-corrected chi connectivity index (χ2v) is 10.2. The van der Waals surface area contributed by atoms with E-state index >= 15 is 0 Å². The van der Waals surface area contributed by atoms with E-state index in [4.69, 9.17) is 0 Å². The highest BCUT2D eigenvalue weighted by Crippen LogP contribution is 2.30. The molecule has 9 heteroatoms. The summed E-state index contributed by atoms with van der Waals surface area (Å²) < 4.78 is 14.3. The average molecular weight is 456 g/mol. The summed E-state index contributed by atoms with van der Waals surface area (Å²) in [4.78, 5) is 40.1. The first-order valence-electron chi connectivity index (χ1n) is 10.6. The van der Waals surface area contributed by atoms with Crippen LogP contribution >= 0.6 is 11.3 Å². The number of pyridine rings is 1. The van der Waals surface area contributed by atoms with Gasteiger partial charge in [0.25, 0.3) is 5.91 Å². The predicted molar refractivity (Wildman–Crippen MR) is 122 cm³/mol. The smallest absolute Gasteiger partial charge is 0.274 e. The van der Waals surface area contributed by atoms with Crippen molar-refractivity contribution in [1.29, 1.82) is 0 Å². The van der Waals surface area contributed by atoms with Crippen molar-refractivity contribution in [2.45, 2.75) is 40.2 Å². The van der Waals surface area contributed by atoms with Crippen LogP contribution in [0.25, 0.3) is 10.2 Å². The molecule has 1 aliphatic heterocycles. The third kappa shape index (κ3) is 4.62. The fourth-order valence-electron chi connectivity index (χ4n) is 3.60. The van der Waals surface area contributed by atoms with Crippen LogP contribution in [0.3, 0.4) is 0 Å². The lowest BCUT2D eigenvalue weighted by molar-refractivity contribution is -0.128. The van der Waals surface area contributed by atoms with Crippen molar-refractivity contribution in [2.24, 2.45) is 11.3 Å². The Morgan fingerprint density at radius 3 is 2.72 bits per heavy atom. The van der Waals surface area contributed by atoms with Gasteiger partial charge in [-0.1, -0.05) is 20.8 Å². The van der Waals surface area contributed by atoms with E-state index in [2.05, 4.69) is 20.3 Å². The van der Waals surface area contributed by atoms with Gasteiger partial charge in [-0.3, -0.25) is 14.6 Å². The summed E-state index contributed by atoms with van der Waals surface area (Å²) in [6.45, 7) is 8.70. The summed E-state index contributed by atoms with van der Waals surface area (Å²) in [5.41, 5.74) is 1.31. The Balaban J connectivity index is 1.50. The third-order valence-corrected chi connectivity index (χ3v) is 6.54. The fourth-order valence-corrected chi connectivity index (χ4v) is 4.41. The maximum Gasteiger partial charge on any atom is 0.274 e. The molecule has 1 atom stereocenters. The zero-order valence-electron chi connectivity index (χ0n) is 18.6. The molecule has 0 aromatic carbocycles. The van der Waals surface area contributed by atoms with Gasteiger partial charge in [-0.05, 0) is 30.0 Å². The van der Waals surface area contributed by atoms with Gasteiger partial charge in [-0.2, -0.15) is 0 Å². The molecule has 1 N–H and O–H groups in total. The minimum absolute atomic E-state index is 0.164. The lowest BCUT2D eigenvalue weighted by Gasteiger charge is -2.39. The van der Waals surface area contributed by atoms with Crippen molar-refractivity contribution in [3.63, 3.8) is 0 Å². The number of thiophene rings is 1. The molecule has 3 aromatic rings. The molecule has 32 heavy (non-hydrogen) atoms. The van der Waals surface area contributed by atoms with Gasteiger partial charge >= 0.3 is 0 Å². The molecule has 0 bridgehead atoms. The van der Waals surface area contributed by atoms with E-state index in [1.165, 1.54) is 17.4 Å². The van der Waals surface area contributed by atoms with Crippen LogP contribution in [0.2, 0.25) is 0 Å². The van der Waals surface area contributed by atoms with Gasteiger partial charge in [0.15, 0.2) is 5.69 Å². The number of nitrogens with one attached hydrogen (secondary N) is 1. The molecule has 3 aromatic heterocycles. The van der Waals surface area contributed by atoms with Crippen molar-refractivity contribution in [1.82, 2.24) is 19.9 Å². The van der Waals surface area contributed by atoms with Gasteiger partial charge in [0, 0.05) is 37.0 Å². The standard InChI is InChI=1S/C23H26FN5O2S/c1-13(15-8-16(24)10-25-9-15)26-22-27-17-5-6-32-20(17)19(28-22)21(31)29-11-14(12-29)7-18(30)23(2,3)4/h5-6,8-10,13-14H,7,11-12H2,1-4H3,(H,26,27,28)/t13-/m0/s1. The zero-order chi connectivity index (χ0) is 23.0.